The van der Waals surface area contributed by atoms with Crippen LogP contribution in [0.15, 0.2) is 53.7 Å². The molecule has 0 unspecified atom stereocenters. The minimum Gasteiger partial charge on any atom is -0.398 e. The molecule has 0 bridgehead atoms. The van der Waals surface area contributed by atoms with Crippen LogP contribution in [0.1, 0.15) is 49.7 Å². The Balaban J connectivity index is 0.000000913. The van der Waals surface area contributed by atoms with E-state index in [2.05, 4.69) is 42.6 Å². The molecule has 2 aromatic carbocycles. The lowest BCUT2D eigenvalue weighted by Gasteiger charge is -2.12. The lowest BCUT2D eigenvalue weighted by Crippen LogP contribution is -2.08. The molecule has 0 aliphatic rings. The van der Waals surface area contributed by atoms with Crippen molar-refractivity contribution >= 4 is 34.2 Å². The molecular formula is C26H31N5S. The van der Waals surface area contributed by atoms with Gasteiger partial charge in [0, 0.05) is 34.1 Å². The topological polar surface area (TPSA) is 91.4 Å². The number of para-hydroxylation sites is 1. The number of hydrogen-bond acceptors (Lipinski definition) is 5. The van der Waals surface area contributed by atoms with E-state index < -0.39 is 0 Å². The van der Waals surface area contributed by atoms with E-state index in [1.807, 2.05) is 55.0 Å². The molecular weight excluding hydrogens is 414 g/mol. The van der Waals surface area contributed by atoms with Crippen molar-refractivity contribution in [3.8, 4) is 11.1 Å². The van der Waals surface area contributed by atoms with Gasteiger partial charge in [0.15, 0.2) is 5.82 Å². The summed E-state index contributed by atoms with van der Waals surface area (Å²) in [6.07, 6.45) is 7.99. The number of nitrogens with one attached hydrogen (secondary N) is 2. The number of aromatic amines is 1. The van der Waals surface area contributed by atoms with Crippen molar-refractivity contribution in [2.24, 2.45) is 0 Å². The third-order valence-corrected chi connectivity index (χ3v) is 6.04. The van der Waals surface area contributed by atoms with Gasteiger partial charge in [0.05, 0.1) is 5.52 Å². The summed E-state index contributed by atoms with van der Waals surface area (Å²) in [6.45, 7) is 8.49. The minimum atomic E-state index is 0.282. The van der Waals surface area contributed by atoms with Crippen molar-refractivity contribution in [2.75, 3.05) is 12.0 Å². The molecule has 4 aromatic rings. The second kappa shape index (κ2) is 10.5. The molecule has 0 spiro atoms. The smallest absolute Gasteiger partial charge is 0.157 e. The van der Waals surface area contributed by atoms with Crippen molar-refractivity contribution < 1.29 is 0 Å². The fourth-order valence-corrected chi connectivity index (χ4v) is 4.14. The van der Waals surface area contributed by atoms with Crippen molar-refractivity contribution in [3.05, 3.63) is 71.3 Å². The quantitative estimate of drug-likeness (QED) is 0.183. The van der Waals surface area contributed by atoms with E-state index in [0.29, 0.717) is 17.1 Å². The molecule has 2 heterocycles. The summed E-state index contributed by atoms with van der Waals surface area (Å²) in [6, 6.07) is 11.8. The molecule has 2 aromatic heterocycles. The van der Waals surface area contributed by atoms with E-state index in [0.717, 1.165) is 33.5 Å². The second-order valence-electron chi connectivity index (χ2n) is 7.65. The molecule has 4 N–H and O–H groups in total. The zero-order valence-electron chi connectivity index (χ0n) is 19.4. The van der Waals surface area contributed by atoms with Crippen LogP contribution in [0.4, 0.5) is 5.69 Å². The molecule has 0 fully saturated rings. The number of hydrogen-bond donors (Lipinski definition) is 3. The largest absolute Gasteiger partial charge is 0.398 e. The maximum absolute atomic E-state index is 8.77. The van der Waals surface area contributed by atoms with Gasteiger partial charge in [0.25, 0.3) is 0 Å². The Kier molecular flexibility index (Phi) is 7.70. The van der Waals surface area contributed by atoms with Gasteiger partial charge in [-0.2, -0.15) is 0 Å². The number of imidazole rings is 1. The first-order valence-corrected chi connectivity index (χ1v) is 12.1. The number of pyridine rings is 1. The van der Waals surface area contributed by atoms with E-state index in [1.165, 1.54) is 17.5 Å². The Morgan fingerprint density at radius 1 is 1.12 bits per heavy atom. The van der Waals surface area contributed by atoms with E-state index in [9.17, 15) is 0 Å². The molecule has 0 amide bonds. The Bertz CT molecular complexity index is 1240. The molecule has 0 saturated carbocycles. The standard InChI is InChI=1S/C23H23N5S.C3H8/c1-4-14-11-26-12-17(13(14)2)15-8-9-18(24)16(10-15)21(25)23-27-19-6-5-7-20(29-3)22(19)28-23;1-3-2/h5-12,25H,4,24H2,1-3H3,(H,27,28);3H2,1-2H3. The highest BCUT2D eigenvalue weighted by atomic mass is 32.2. The van der Waals surface area contributed by atoms with Crippen molar-refractivity contribution in [1.82, 2.24) is 15.0 Å². The molecule has 4 rings (SSSR count). The number of H-pyrrole nitrogens is 1. The lowest BCUT2D eigenvalue weighted by molar-refractivity contribution is 1.07. The van der Waals surface area contributed by atoms with Crippen molar-refractivity contribution in [3.63, 3.8) is 0 Å². The molecule has 32 heavy (non-hydrogen) atoms. The predicted molar refractivity (Wildman–Crippen MR) is 138 cm³/mol. The van der Waals surface area contributed by atoms with Crippen LogP contribution in [0, 0.1) is 12.3 Å². The van der Waals surface area contributed by atoms with Gasteiger partial charge in [-0.3, -0.25) is 10.4 Å². The summed E-state index contributed by atoms with van der Waals surface area (Å²) < 4.78 is 0. The van der Waals surface area contributed by atoms with Gasteiger partial charge in [0.1, 0.15) is 11.2 Å². The number of nitrogen functional groups attached to an aromatic ring is 1. The second-order valence-corrected chi connectivity index (χ2v) is 8.50. The van der Waals surface area contributed by atoms with Crippen LogP contribution in [0.25, 0.3) is 22.2 Å². The highest BCUT2D eigenvalue weighted by Crippen LogP contribution is 2.30. The van der Waals surface area contributed by atoms with Crippen LogP contribution in [0.2, 0.25) is 0 Å². The first kappa shape index (κ1) is 23.5. The third-order valence-electron chi connectivity index (χ3n) is 5.27. The number of rotatable bonds is 5. The highest BCUT2D eigenvalue weighted by molar-refractivity contribution is 7.98. The van der Waals surface area contributed by atoms with Gasteiger partial charge < -0.3 is 10.7 Å². The molecule has 166 valence electrons. The highest BCUT2D eigenvalue weighted by Gasteiger charge is 2.16. The molecule has 0 aliphatic carbocycles. The maximum atomic E-state index is 8.77. The van der Waals surface area contributed by atoms with Crippen LogP contribution < -0.4 is 5.73 Å². The Labute approximate surface area is 194 Å². The fourth-order valence-electron chi connectivity index (χ4n) is 3.57. The Morgan fingerprint density at radius 2 is 1.88 bits per heavy atom. The molecule has 6 heteroatoms. The van der Waals surface area contributed by atoms with E-state index in [1.54, 1.807) is 11.8 Å². The number of fused-ring (bicyclic) bond motifs is 1. The predicted octanol–water partition coefficient (Wildman–Crippen LogP) is 6.63. The number of anilines is 1. The van der Waals surface area contributed by atoms with Gasteiger partial charge in [-0.25, -0.2) is 4.98 Å². The summed E-state index contributed by atoms with van der Waals surface area (Å²) in [5, 5.41) is 8.77. The molecule has 0 saturated heterocycles. The zero-order chi connectivity index (χ0) is 23.3. The van der Waals surface area contributed by atoms with E-state index in [4.69, 9.17) is 11.1 Å². The summed E-state index contributed by atoms with van der Waals surface area (Å²) in [4.78, 5) is 13.4. The van der Waals surface area contributed by atoms with Crippen LogP contribution >= 0.6 is 11.8 Å². The summed E-state index contributed by atoms with van der Waals surface area (Å²) >= 11 is 1.64. The first-order valence-electron chi connectivity index (χ1n) is 10.9. The number of thioether (sulfide) groups is 1. The van der Waals surface area contributed by atoms with Crippen molar-refractivity contribution in [2.45, 2.75) is 45.4 Å². The summed E-state index contributed by atoms with van der Waals surface area (Å²) in [5.41, 5.74) is 14.0. The normalized spacial score (nSPS) is 10.7. The molecule has 0 radical (unpaired) electrons. The van der Waals surface area contributed by atoms with Gasteiger partial charge in [0.2, 0.25) is 0 Å². The van der Waals surface area contributed by atoms with Gasteiger partial charge in [-0.15, -0.1) is 11.8 Å². The fraction of sp³-hybridized carbons (Fsp3) is 0.269. The first-order chi connectivity index (χ1) is 15.4. The third kappa shape index (κ3) is 4.70. The van der Waals surface area contributed by atoms with E-state index in [-0.39, 0.29) is 5.71 Å². The minimum absolute atomic E-state index is 0.282. The maximum Gasteiger partial charge on any atom is 0.157 e. The Hall–Kier alpha value is -3.12. The monoisotopic (exact) mass is 445 g/mol. The molecule has 5 nitrogen and oxygen atoms in total. The average Bonchev–Trinajstić information content (AvgIpc) is 3.24. The van der Waals surface area contributed by atoms with Gasteiger partial charge in [-0.05, 0) is 60.6 Å². The lowest BCUT2D eigenvalue weighted by atomic mass is 9.95. The average molecular weight is 446 g/mol. The number of nitrogens with zero attached hydrogens (tertiary/aromatic N) is 2. The van der Waals surface area contributed by atoms with Gasteiger partial charge in [-0.1, -0.05) is 39.3 Å². The van der Waals surface area contributed by atoms with Crippen LogP contribution in [0.3, 0.4) is 0 Å². The van der Waals surface area contributed by atoms with Crippen LogP contribution in [0.5, 0.6) is 0 Å². The van der Waals surface area contributed by atoms with E-state index >= 15 is 0 Å². The molecule has 0 atom stereocenters. The van der Waals surface area contributed by atoms with Crippen LogP contribution in [-0.4, -0.2) is 26.9 Å². The SMILES string of the molecule is CCC.CCc1cncc(-c2ccc(N)c(C(=N)c3nc4c(SC)cccc4[nH]3)c2)c1C. The number of aromatic nitrogens is 3. The van der Waals surface area contributed by atoms with Crippen molar-refractivity contribution in [1.29, 1.82) is 5.41 Å². The zero-order valence-corrected chi connectivity index (χ0v) is 20.2. The number of benzene rings is 2. The van der Waals surface area contributed by atoms with Crippen LogP contribution in [-0.2, 0) is 6.42 Å². The summed E-state index contributed by atoms with van der Waals surface area (Å²) in [7, 11) is 0. The van der Waals surface area contributed by atoms with Gasteiger partial charge >= 0.3 is 0 Å². The molecule has 0 aliphatic heterocycles. The number of nitrogens with two attached hydrogens (primary N) is 1. The number of aryl methyl sites for hydroxylation is 1. The summed E-state index contributed by atoms with van der Waals surface area (Å²) in [5.74, 6) is 0.516. The Morgan fingerprint density at radius 3 is 2.56 bits per heavy atom.